The van der Waals surface area contributed by atoms with Crippen LogP contribution < -0.4 is 15.6 Å². The molecule has 0 bridgehead atoms. The van der Waals surface area contributed by atoms with E-state index in [1.807, 2.05) is 0 Å². The molecule has 29 heavy (non-hydrogen) atoms. The molecule has 8 heteroatoms. The normalized spacial score (nSPS) is 10.2. The number of carbonyl (C=O) groups excluding carboxylic acids is 3. The molecule has 0 heterocycles. The molecule has 150 valence electrons. The van der Waals surface area contributed by atoms with E-state index in [2.05, 4.69) is 17.4 Å². The van der Waals surface area contributed by atoms with Crippen LogP contribution in [0.25, 0.3) is 6.08 Å². The number of halogens is 1. The van der Waals surface area contributed by atoms with Crippen molar-refractivity contribution in [3.63, 3.8) is 0 Å². The van der Waals surface area contributed by atoms with E-state index in [1.165, 1.54) is 18.2 Å². The predicted molar refractivity (Wildman–Crippen MR) is 109 cm³/mol. The highest BCUT2D eigenvalue weighted by Gasteiger charge is 2.08. The minimum atomic E-state index is -0.698. The molecule has 0 saturated carbocycles. The number of amides is 2. The molecule has 0 aromatic heterocycles. The molecule has 2 N–H and O–H groups in total. The van der Waals surface area contributed by atoms with Gasteiger partial charge in [0.15, 0.2) is 6.61 Å². The second kappa shape index (κ2) is 11.3. The number of hydrazine groups is 1. The standard InChI is InChI=1S/C21H19ClN2O5/c1-2-13-28-18-10-3-15(4-11-18)5-12-20(26)29-14-19(25)23-24-21(27)16-6-8-17(22)9-7-16/h2-12H,1,13-14H2,(H,23,25)(H,24,27)/b12-5+. The van der Waals surface area contributed by atoms with Crippen molar-refractivity contribution in [1.82, 2.24) is 10.9 Å². The van der Waals surface area contributed by atoms with Crippen LogP contribution in [-0.2, 0) is 14.3 Å². The minimum absolute atomic E-state index is 0.315. The lowest BCUT2D eigenvalue weighted by atomic mass is 10.2. The molecule has 7 nitrogen and oxygen atoms in total. The molecule has 2 rings (SSSR count). The first-order chi connectivity index (χ1) is 14.0. The van der Waals surface area contributed by atoms with Crippen molar-refractivity contribution >= 4 is 35.5 Å². The van der Waals surface area contributed by atoms with Crippen LogP contribution in [0.15, 0.2) is 67.3 Å². The van der Waals surface area contributed by atoms with Crippen molar-refractivity contribution in [2.24, 2.45) is 0 Å². The molecule has 0 aliphatic carbocycles. The Labute approximate surface area is 172 Å². The molecule has 0 aliphatic rings. The summed E-state index contributed by atoms with van der Waals surface area (Å²) in [4.78, 5) is 35.2. The van der Waals surface area contributed by atoms with Gasteiger partial charge in [-0.3, -0.25) is 20.4 Å². The maximum atomic E-state index is 11.8. The SMILES string of the molecule is C=CCOc1ccc(/C=C/C(=O)OCC(=O)NNC(=O)c2ccc(Cl)cc2)cc1. The Morgan fingerprint density at radius 1 is 1.00 bits per heavy atom. The van der Waals surface area contributed by atoms with Gasteiger partial charge in [0, 0.05) is 16.7 Å². The first kappa shape index (κ1) is 21.7. The van der Waals surface area contributed by atoms with E-state index in [0.29, 0.717) is 22.9 Å². The largest absolute Gasteiger partial charge is 0.490 e. The summed E-state index contributed by atoms with van der Waals surface area (Å²) in [7, 11) is 0. The smallest absolute Gasteiger partial charge is 0.331 e. The fourth-order valence-electron chi connectivity index (χ4n) is 2.02. The summed E-state index contributed by atoms with van der Waals surface area (Å²) < 4.78 is 10.2. The van der Waals surface area contributed by atoms with Crippen molar-refractivity contribution in [3.8, 4) is 5.75 Å². The van der Waals surface area contributed by atoms with Crippen molar-refractivity contribution in [1.29, 1.82) is 0 Å². The van der Waals surface area contributed by atoms with Gasteiger partial charge in [-0.15, -0.1) is 0 Å². The number of hydrogen-bond donors (Lipinski definition) is 2. The minimum Gasteiger partial charge on any atom is -0.490 e. The molecular weight excluding hydrogens is 396 g/mol. The van der Waals surface area contributed by atoms with E-state index in [4.69, 9.17) is 21.1 Å². The Hall–Kier alpha value is -3.58. The van der Waals surface area contributed by atoms with E-state index in [9.17, 15) is 14.4 Å². The summed E-state index contributed by atoms with van der Waals surface area (Å²) in [5.74, 6) is -1.22. The number of hydrogen-bond acceptors (Lipinski definition) is 5. The molecule has 2 aromatic carbocycles. The Bertz CT molecular complexity index is 892. The highest BCUT2D eigenvalue weighted by atomic mass is 35.5. The van der Waals surface area contributed by atoms with Crippen LogP contribution in [-0.4, -0.2) is 31.0 Å². The summed E-state index contributed by atoms with van der Waals surface area (Å²) in [6.45, 7) is 3.43. The molecule has 2 amide bonds. The third kappa shape index (κ3) is 7.90. The maximum Gasteiger partial charge on any atom is 0.331 e. The molecule has 0 spiro atoms. The summed E-state index contributed by atoms with van der Waals surface area (Å²) >= 11 is 5.74. The zero-order chi connectivity index (χ0) is 21.1. The van der Waals surface area contributed by atoms with Gasteiger partial charge in [-0.05, 0) is 48.0 Å². The quantitative estimate of drug-likeness (QED) is 0.300. The second-order valence-electron chi connectivity index (χ2n) is 5.62. The lowest BCUT2D eigenvalue weighted by Crippen LogP contribution is -2.43. The molecule has 0 fully saturated rings. The topological polar surface area (TPSA) is 93.7 Å². The molecule has 0 atom stereocenters. The fraction of sp³-hybridized carbons (Fsp3) is 0.0952. The van der Waals surface area contributed by atoms with Gasteiger partial charge in [0.05, 0.1) is 0 Å². The third-order valence-corrected chi connectivity index (χ3v) is 3.68. The number of rotatable bonds is 8. The summed E-state index contributed by atoms with van der Waals surface area (Å²) in [6.07, 6.45) is 4.38. The average Bonchev–Trinajstić information content (AvgIpc) is 2.74. The zero-order valence-electron chi connectivity index (χ0n) is 15.4. The van der Waals surface area contributed by atoms with Gasteiger partial charge >= 0.3 is 5.97 Å². The lowest BCUT2D eigenvalue weighted by Gasteiger charge is -2.07. The Morgan fingerprint density at radius 2 is 1.69 bits per heavy atom. The average molecular weight is 415 g/mol. The monoisotopic (exact) mass is 414 g/mol. The number of nitrogens with one attached hydrogen (secondary N) is 2. The maximum absolute atomic E-state index is 11.8. The second-order valence-corrected chi connectivity index (χ2v) is 6.06. The van der Waals surface area contributed by atoms with E-state index < -0.39 is 24.4 Å². The number of benzene rings is 2. The Morgan fingerprint density at radius 3 is 2.34 bits per heavy atom. The van der Waals surface area contributed by atoms with Crippen molar-refractivity contribution in [2.45, 2.75) is 0 Å². The van der Waals surface area contributed by atoms with Gasteiger partial charge in [0.25, 0.3) is 11.8 Å². The molecular formula is C21H19ClN2O5. The fourth-order valence-corrected chi connectivity index (χ4v) is 2.14. The van der Waals surface area contributed by atoms with Gasteiger partial charge in [0.2, 0.25) is 0 Å². The van der Waals surface area contributed by atoms with Crippen molar-refractivity contribution < 1.29 is 23.9 Å². The van der Waals surface area contributed by atoms with Gasteiger partial charge < -0.3 is 9.47 Å². The van der Waals surface area contributed by atoms with E-state index >= 15 is 0 Å². The van der Waals surface area contributed by atoms with Crippen LogP contribution >= 0.6 is 11.6 Å². The molecule has 0 radical (unpaired) electrons. The van der Waals surface area contributed by atoms with Crippen LogP contribution in [0.1, 0.15) is 15.9 Å². The number of carbonyl (C=O) groups is 3. The summed E-state index contributed by atoms with van der Waals surface area (Å²) in [6, 6.07) is 13.2. The molecule has 2 aromatic rings. The van der Waals surface area contributed by atoms with Crippen molar-refractivity contribution in [3.05, 3.63) is 83.4 Å². The van der Waals surface area contributed by atoms with Crippen molar-refractivity contribution in [2.75, 3.05) is 13.2 Å². The van der Waals surface area contributed by atoms with E-state index in [-0.39, 0.29) is 0 Å². The van der Waals surface area contributed by atoms with Crippen LogP contribution in [0.3, 0.4) is 0 Å². The Balaban J connectivity index is 1.71. The van der Waals surface area contributed by atoms with Gasteiger partial charge in [-0.25, -0.2) is 4.79 Å². The third-order valence-electron chi connectivity index (χ3n) is 3.43. The van der Waals surface area contributed by atoms with E-state index in [0.717, 1.165) is 5.56 Å². The Kier molecular flexibility index (Phi) is 8.47. The van der Waals surface area contributed by atoms with Gasteiger partial charge in [0.1, 0.15) is 12.4 Å². The number of ether oxygens (including phenoxy) is 2. The number of esters is 1. The zero-order valence-corrected chi connectivity index (χ0v) is 16.1. The first-order valence-electron chi connectivity index (χ1n) is 8.51. The van der Waals surface area contributed by atoms with E-state index in [1.54, 1.807) is 48.6 Å². The highest BCUT2D eigenvalue weighted by molar-refractivity contribution is 6.30. The summed E-state index contributed by atoms with van der Waals surface area (Å²) in [5.41, 5.74) is 5.44. The van der Waals surface area contributed by atoms with Crippen LogP contribution in [0.5, 0.6) is 5.75 Å². The predicted octanol–water partition coefficient (Wildman–Crippen LogP) is 2.92. The van der Waals surface area contributed by atoms with Gasteiger partial charge in [-0.2, -0.15) is 0 Å². The highest BCUT2D eigenvalue weighted by Crippen LogP contribution is 2.13. The first-order valence-corrected chi connectivity index (χ1v) is 8.89. The van der Waals surface area contributed by atoms with Crippen LogP contribution in [0.2, 0.25) is 5.02 Å². The molecule has 0 saturated heterocycles. The molecule has 0 aliphatic heterocycles. The lowest BCUT2D eigenvalue weighted by molar-refractivity contribution is -0.144. The van der Waals surface area contributed by atoms with Gasteiger partial charge in [-0.1, -0.05) is 36.4 Å². The summed E-state index contributed by atoms with van der Waals surface area (Å²) in [5, 5.41) is 0.488. The van der Waals surface area contributed by atoms with Crippen LogP contribution in [0.4, 0.5) is 0 Å². The molecule has 0 unspecified atom stereocenters. The van der Waals surface area contributed by atoms with Crippen LogP contribution in [0, 0.1) is 0 Å².